The third kappa shape index (κ3) is 3.87. The van der Waals surface area contributed by atoms with Crippen LogP contribution in [0.15, 0.2) is 18.2 Å². The fourth-order valence-electron chi connectivity index (χ4n) is 1.86. The smallest absolute Gasteiger partial charge is 0.243 e. The second kappa shape index (κ2) is 6.79. The van der Waals surface area contributed by atoms with Crippen LogP contribution in [-0.2, 0) is 14.4 Å². The molecule has 0 aliphatic carbocycles. The Morgan fingerprint density at radius 3 is 2.23 bits per heavy atom. The lowest BCUT2D eigenvalue weighted by Gasteiger charge is -2.28. The number of anilines is 1. The predicted octanol–water partition coefficient (Wildman–Crippen LogP) is -0.171. The topological polar surface area (TPSA) is 133 Å². The molecule has 0 spiro atoms. The number of amides is 3. The third-order valence-electron chi connectivity index (χ3n) is 3.13. The largest absolute Gasteiger partial charge is 0.504 e. The summed E-state index contributed by atoms with van der Waals surface area (Å²) in [5, 5.41) is 21.2. The molecule has 0 aromatic heterocycles. The molecule has 8 nitrogen and oxygen atoms in total. The van der Waals surface area contributed by atoms with Crippen molar-refractivity contribution in [3.63, 3.8) is 0 Å². The number of aromatic hydroxyl groups is 2. The highest BCUT2D eigenvalue weighted by molar-refractivity contribution is 6.00. The Bertz CT molecular complexity index is 602. The maximum absolute atomic E-state index is 12.1. The average Bonchev–Trinajstić information content (AvgIpc) is 2.42. The van der Waals surface area contributed by atoms with Gasteiger partial charge in [0.1, 0.15) is 12.1 Å². The molecule has 0 bridgehead atoms. The zero-order valence-corrected chi connectivity index (χ0v) is 12.5. The molecule has 1 aromatic rings. The highest BCUT2D eigenvalue weighted by Gasteiger charge is 2.27. The summed E-state index contributed by atoms with van der Waals surface area (Å²) in [4.78, 5) is 36.0. The van der Waals surface area contributed by atoms with Crippen LogP contribution in [0.5, 0.6) is 11.5 Å². The lowest BCUT2D eigenvalue weighted by atomic mass is 10.1. The van der Waals surface area contributed by atoms with Gasteiger partial charge >= 0.3 is 0 Å². The molecular weight excluding hydrogens is 290 g/mol. The number of nitrogens with zero attached hydrogens (tertiary/aromatic N) is 1. The highest BCUT2D eigenvalue weighted by atomic mass is 16.3. The second-order valence-electron chi connectivity index (χ2n) is 4.87. The molecule has 0 fully saturated rings. The zero-order chi connectivity index (χ0) is 17.0. The van der Waals surface area contributed by atoms with E-state index in [9.17, 15) is 24.6 Å². The normalized spacial score (nSPS) is 13.0. The summed E-state index contributed by atoms with van der Waals surface area (Å²) >= 11 is 0. The monoisotopic (exact) mass is 309 g/mol. The number of rotatable bonds is 5. The van der Waals surface area contributed by atoms with E-state index in [4.69, 9.17) is 5.73 Å². The van der Waals surface area contributed by atoms with Crippen molar-refractivity contribution in [3.05, 3.63) is 18.2 Å². The predicted molar refractivity (Wildman–Crippen MR) is 79.2 cm³/mol. The Hall–Kier alpha value is -2.77. The zero-order valence-electron chi connectivity index (χ0n) is 12.5. The van der Waals surface area contributed by atoms with Crippen LogP contribution < -0.4 is 16.0 Å². The Labute approximate surface area is 127 Å². The van der Waals surface area contributed by atoms with Crippen LogP contribution in [0.4, 0.5) is 5.69 Å². The summed E-state index contributed by atoms with van der Waals surface area (Å²) in [6.07, 6.45) is 0. The molecule has 1 rings (SSSR count). The quantitative estimate of drug-likeness (QED) is 0.560. The van der Waals surface area contributed by atoms with Crippen LogP contribution in [-0.4, -0.2) is 40.0 Å². The number of hydrogen-bond acceptors (Lipinski definition) is 5. The Morgan fingerprint density at radius 1 is 1.18 bits per heavy atom. The van der Waals surface area contributed by atoms with Gasteiger partial charge in [0.15, 0.2) is 11.5 Å². The Morgan fingerprint density at radius 2 is 1.77 bits per heavy atom. The van der Waals surface area contributed by atoms with Crippen molar-refractivity contribution in [1.29, 1.82) is 0 Å². The van der Waals surface area contributed by atoms with Crippen LogP contribution in [0.25, 0.3) is 0 Å². The van der Waals surface area contributed by atoms with E-state index in [1.807, 2.05) is 0 Å². The van der Waals surface area contributed by atoms with Crippen LogP contribution >= 0.6 is 0 Å². The first-order chi connectivity index (χ1) is 10.1. The molecule has 3 amide bonds. The number of benzene rings is 1. The molecule has 1 aromatic carbocycles. The molecule has 0 unspecified atom stereocenters. The summed E-state index contributed by atoms with van der Waals surface area (Å²) in [7, 11) is 0. The van der Waals surface area contributed by atoms with Gasteiger partial charge in [-0.05, 0) is 26.0 Å². The molecule has 8 heteroatoms. The number of phenolic OH excluding ortho intramolecular Hbond substituents is 2. The van der Waals surface area contributed by atoms with Gasteiger partial charge in [0.25, 0.3) is 0 Å². The van der Waals surface area contributed by atoms with E-state index >= 15 is 0 Å². The van der Waals surface area contributed by atoms with Crippen molar-refractivity contribution in [3.8, 4) is 11.5 Å². The number of primary amides is 1. The van der Waals surface area contributed by atoms with Crippen LogP contribution in [0.2, 0.25) is 0 Å². The van der Waals surface area contributed by atoms with E-state index in [1.165, 1.54) is 32.9 Å². The van der Waals surface area contributed by atoms with E-state index in [2.05, 4.69) is 5.32 Å². The number of hydrogen-bond donors (Lipinski definition) is 4. The second-order valence-corrected chi connectivity index (χ2v) is 4.87. The fraction of sp³-hybridized carbons (Fsp3) is 0.357. The first kappa shape index (κ1) is 17.3. The molecule has 0 saturated carbocycles. The van der Waals surface area contributed by atoms with Crippen molar-refractivity contribution in [2.24, 2.45) is 5.73 Å². The summed E-state index contributed by atoms with van der Waals surface area (Å²) in [5.74, 6) is -2.47. The molecule has 22 heavy (non-hydrogen) atoms. The molecular formula is C14H19N3O5. The van der Waals surface area contributed by atoms with Crippen LogP contribution in [0.3, 0.4) is 0 Å². The minimum absolute atomic E-state index is 0.233. The molecule has 120 valence electrons. The Kier molecular flexibility index (Phi) is 5.33. The standard InChI is InChI=1S/C14H19N3O5/c1-7(13(15)21)16-14(22)8(2)17(9(3)18)10-4-5-11(19)12(20)6-10/h4-8,19-20H,1-3H3,(H2,15,21)(H,16,22)/t7-,8-/m0/s1. The molecule has 0 radical (unpaired) electrons. The van der Waals surface area contributed by atoms with Crippen LogP contribution in [0.1, 0.15) is 20.8 Å². The van der Waals surface area contributed by atoms with Crippen molar-refractivity contribution < 1.29 is 24.6 Å². The van der Waals surface area contributed by atoms with Crippen molar-refractivity contribution in [2.45, 2.75) is 32.9 Å². The van der Waals surface area contributed by atoms with Crippen molar-refractivity contribution >= 4 is 23.4 Å². The van der Waals surface area contributed by atoms with Crippen LogP contribution in [0, 0.1) is 0 Å². The van der Waals surface area contributed by atoms with Gasteiger partial charge in [-0.25, -0.2) is 0 Å². The number of nitrogens with two attached hydrogens (primary N) is 1. The van der Waals surface area contributed by atoms with E-state index < -0.39 is 35.6 Å². The summed E-state index contributed by atoms with van der Waals surface area (Å²) < 4.78 is 0. The highest BCUT2D eigenvalue weighted by Crippen LogP contribution is 2.30. The average molecular weight is 309 g/mol. The maximum atomic E-state index is 12.1. The lowest BCUT2D eigenvalue weighted by molar-refractivity contribution is -0.128. The van der Waals surface area contributed by atoms with Gasteiger partial charge in [0, 0.05) is 18.7 Å². The van der Waals surface area contributed by atoms with Gasteiger partial charge in [-0.1, -0.05) is 0 Å². The number of phenols is 2. The first-order valence-electron chi connectivity index (χ1n) is 6.56. The fourth-order valence-corrected chi connectivity index (χ4v) is 1.86. The molecule has 2 atom stereocenters. The Balaban J connectivity index is 3.04. The summed E-state index contributed by atoms with van der Waals surface area (Å²) in [6.45, 7) is 4.15. The molecule has 0 aliphatic rings. The number of carbonyl (C=O) groups is 3. The number of carbonyl (C=O) groups excluding carboxylic acids is 3. The minimum atomic E-state index is -0.941. The molecule has 0 aliphatic heterocycles. The molecule has 0 heterocycles. The van der Waals surface area contributed by atoms with E-state index in [0.717, 1.165) is 11.0 Å². The summed E-state index contributed by atoms with van der Waals surface area (Å²) in [5.41, 5.74) is 5.31. The van der Waals surface area contributed by atoms with E-state index in [1.54, 1.807) is 0 Å². The van der Waals surface area contributed by atoms with Gasteiger partial charge in [0.05, 0.1) is 0 Å². The molecule has 5 N–H and O–H groups in total. The SMILES string of the molecule is CC(=O)N(c1ccc(O)c(O)c1)[C@@H](C)C(=O)N[C@@H](C)C(N)=O. The molecule has 0 saturated heterocycles. The third-order valence-corrected chi connectivity index (χ3v) is 3.13. The van der Waals surface area contributed by atoms with Crippen molar-refractivity contribution in [2.75, 3.05) is 4.90 Å². The van der Waals surface area contributed by atoms with E-state index in [-0.39, 0.29) is 11.4 Å². The number of nitrogens with one attached hydrogen (secondary N) is 1. The van der Waals surface area contributed by atoms with E-state index in [0.29, 0.717) is 0 Å². The minimum Gasteiger partial charge on any atom is -0.504 e. The van der Waals surface area contributed by atoms with Gasteiger partial charge in [-0.2, -0.15) is 0 Å². The first-order valence-corrected chi connectivity index (χ1v) is 6.56. The summed E-state index contributed by atoms with van der Waals surface area (Å²) in [6, 6.07) is 1.94. The lowest BCUT2D eigenvalue weighted by Crippen LogP contribution is -2.52. The van der Waals surface area contributed by atoms with Gasteiger partial charge < -0.3 is 26.2 Å². The van der Waals surface area contributed by atoms with Crippen molar-refractivity contribution in [1.82, 2.24) is 5.32 Å². The van der Waals surface area contributed by atoms with Gasteiger partial charge in [-0.3, -0.25) is 14.4 Å². The van der Waals surface area contributed by atoms with Gasteiger partial charge in [-0.15, -0.1) is 0 Å². The maximum Gasteiger partial charge on any atom is 0.243 e. The van der Waals surface area contributed by atoms with Gasteiger partial charge in [0.2, 0.25) is 17.7 Å².